The number of benzene rings is 1. The monoisotopic (exact) mass is 231 g/mol. The van der Waals surface area contributed by atoms with E-state index in [1.54, 1.807) is 0 Å². The van der Waals surface area contributed by atoms with Gasteiger partial charge >= 0.3 is 0 Å². The Bertz CT molecular complexity index is 312. The summed E-state index contributed by atoms with van der Waals surface area (Å²) in [5, 5.41) is 3.67. The predicted molar refractivity (Wildman–Crippen MR) is 74.1 cm³/mol. The van der Waals surface area contributed by atoms with Crippen LogP contribution in [0.2, 0.25) is 0 Å². The Labute approximate surface area is 106 Å². The summed E-state index contributed by atoms with van der Waals surface area (Å²) in [5.41, 5.74) is 1.46. The molecule has 1 aliphatic rings. The number of hydrogen-bond acceptors (Lipinski definition) is 1. The summed E-state index contributed by atoms with van der Waals surface area (Å²) >= 11 is 0. The third-order valence-corrected chi connectivity index (χ3v) is 4.04. The van der Waals surface area contributed by atoms with Gasteiger partial charge in [-0.3, -0.25) is 0 Å². The Hall–Kier alpha value is -0.820. The van der Waals surface area contributed by atoms with Crippen molar-refractivity contribution in [3.05, 3.63) is 35.9 Å². The van der Waals surface area contributed by atoms with Crippen LogP contribution in [0.5, 0.6) is 0 Å². The van der Waals surface area contributed by atoms with Gasteiger partial charge < -0.3 is 5.32 Å². The molecule has 1 fully saturated rings. The maximum atomic E-state index is 3.67. The minimum Gasteiger partial charge on any atom is -0.314 e. The molecule has 1 N–H and O–H groups in total. The summed E-state index contributed by atoms with van der Waals surface area (Å²) in [6.45, 7) is 5.86. The lowest BCUT2D eigenvalue weighted by Gasteiger charge is -2.38. The van der Waals surface area contributed by atoms with Gasteiger partial charge in [-0.15, -0.1) is 0 Å². The molecule has 0 spiro atoms. The highest BCUT2D eigenvalue weighted by Gasteiger charge is 2.30. The van der Waals surface area contributed by atoms with Gasteiger partial charge in [0.25, 0.3) is 0 Å². The van der Waals surface area contributed by atoms with Crippen LogP contribution >= 0.6 is 0 Å². The molecule has 1 aromatic rings. The van der Waals surface area contributed by atoms with E-state index in [-0.39, 0.29) is 0 Å². The van der Waals surface area contributed by atoms with Crippen LogP contribution in [0, 0.1) is 11.8 Å². The maximum Gasteiger partial charge on any atom is 0.00725 e. The molecule has 17 heavy (non-hydrogen) atoms. The van der Waals surface area contributed by atoms with Crippen LogP contribution < -0.4 is 5.32 Å². The molecule has 94 valence electrons. The predicted octanol–water partition coefficient (Wildman–Crippen LogP) is 3.64. The van der Waals surface area contributed by atoms with Gasteiger partial charge in [0.1, 0.15) is 0 Å². The fourth-order valence-corrected chi connectivity index (χ4v) is 2.62. The van der Waals surface area contributed by atoms with Gasteiger partial charge in [0, 0.05) is 6.04 Å². The van der Waals surface area contributed by atoms with Gasteiger partial charge in [-0.25, -0.2) is 0 Å². The van der Waals surface area contributed by atoms with Crippen molar-refractivity contribution in [2.75, 3.05) is 6.54 Å². The van der Waals surface area contributed by atoms with Gasteiger partial charge in [-0.05, 0) is 49.6 Å². The van der Waals surface area contributed by atoms with Crippen LogP contribution in [-0.2, 0) is 6.42 Å². The third-order valence-electron chi connectivity index (χ3n) is 4.04. The third kappa shape index (κ3) is 3.85. The molecule has 0 radical (unpaired) electrons. The SMILES string of the molecule is CC(C)C1CC(NCCCc2ccccc2)C1. The molecule has 0 heterocycles. The highest BCUT2D eigenvalue weighted by molar-refractivity contribution is 5.14. The molecule has 0 saturated heterocycles. The molecule has 0 atom stereocenters. The topological polar surface area (TPSA) is 12.0 Å². The van der Waals surface area contributed by atoms with Crippen molar-refractivity contribution in [1.29, 1.82) is 0 Å². The Morgan fingerprint density at radius 2 is 1.88 bits per heavy atom. The first kappa shape index (κ1) is 12.6. The minimum absolute atomic E-state index is 0.804. The molecule has 0 aliphatic heterocycles. The smallest absolute Gasteiger partial charge is 0.00725 e. The maximum absolute atomic E-state index is 3.67. The normalized spacial score (nSPS) is 23.7. The number of nitrogens with one attached hydrogen (secondary N) is 1. The second-order valence-corrected chi connectivity index (χ2v) is 5.72. The van der Waals surface area contributed by atoms with E-state index in [0.717, 1.165) is 17.9 Å². The van der Waals surface area contributed by atoms with E-state index in [0.29, 0.717) is 0 Å². The van der Waals surface area contributed by atoms with Crippen LogP contribution in [0.1, 0.15) is 38.7 Å². The van der Waals surface area contributed by atoms with Gasteiger partial charge in [0.05, 0.1) is 0 Å². The summed E-state index contributed by atoms with van der Waals surface area (Å²) in [6, 6.07) is 11.6. The quantitative estimate of drug-likeness (QED) is 0.737. The fraction of sp³-hybridized carbons (Fsp3) is 0.625. The second kappa shape index (κ2) is 6.20. The Balaban J connectivity index is 1.53. The highest BCUT2D eigenvalue weighted by Crippen LogP contribution is 2.33. The molecule has 2 rings (SSSR count). The van der Waals surface area contributed by atoms with Crippen molar-refractivity contribution in [3.8, 4) is 0 Å². The van der Waals surface area contributed by atoms with Gasteiger partial charge in [-0.2, -0.15) is 0 Å². The zero-order chi connectivity index (χ0) is 12.1. The first-order chi connectivity index (χ1) is 8.25. The average molecular weight is 231 g/mol. The standard InChI is InChI=1S/C16H25N/c1-13(2)15-11-16(12-15)17-10-6-9-14-7-4-3-5-8-14/h3-5,7-8,13,15-17H,6,9-12H2,1-2H3. The minimum atomic E-state index is 0.804. The summed E-state index contributed by atoms with van der Waals surface area (Å²) < 4.78 is 0. The van der Waals surface area contributed by atoms with Crippen molar-refractivity contribution in [2.24, 2.45) is 11.8 Å². The first-order valence-corrected chi connectivity index (χ1v) is 7.03. The average Bonchev–Trinajstić information content (AvgIpc) is 2.27. The van der Waals surface area contributed by atoms with Crippen molar-refractivity contribution >= 4 is 0 Å². The molecule has 1 aromatic carbocycles. The summed E-state index contributed by atoms with van der Waals surface area (Å²) in [7, 11) is 0. The fourth-order valence-electron chi connectivity index (χ4n) is 2.62. The second-order valence-electron chi connectivity index (χ2n) is 5.72. The van der Waals surface area contributed by atoms with E-state index in [4.69, 9.17) is 0 Å². The molecule has 0 bridgehead atoms. The zero-order valence-corrected chi connectivity index (χ0v) is 11.2. The van der Waals surface area contributed by atoms with Crippen molar-refractivity contribution < 1.29 is 0 Å². The lowest BCUT2D eigenvalue weighted by atomic mass is 9.74. The van der Waals surface area contributed by atoms with E-state index in [1.165, 1.54) is 37.8 Å². The van der Waals surface area contributed by atoms with Crippen LogP contribution in [0.4, 0.5) is 0 Å². The molecular weight excluding hydrogens is 206 g/mol. The molecule has 1 heteroatoms. The molecular formula is C16H25N. The van der Waals surface area contributed by atoms with Crippen LogP contribution in [-0.4, -0.2) is 12.6 Å². The Kier molecular flexibility index (Phi) is 4.61. The lowest BCUT2D eigenvalue weighted by Crippen LogP contribution is -2.43. The van der Waals surface area contributed by atoms with Gasteiger partial charge in [0.2, 0.25) is 0 Å². The molecule has 1 nitrogen and oxygen atoms in total. The van der Waals surface area contributed by atoms with E-state index in [2.05, 4.69) is 49.5 Å². The number of aryl methyl sites for hydroxylation is 1. The van der Waals surface area contributed by atoms with E-state index in [9.17, 15) is 0 Å². The van der Waals surface area contributed by atoms with E-state index >= 15 is 0 Å². The van der Waals surface area contributed by atoms with Crippen LogP contribution in [0.3, 0.4) is 0 Å². The molecule has 0 unspecified atom stereocenters. The summed E-state index contributed by atoms with van der Waals surface area (Å²) in [6.07, 6.45) is 5.24. The lowest BCUT2D eigenvalue weighted by molar-refractivity contribution is 0.169. The number of rotatable bonds is 6. The van der Waals surface area contributed by atoms with Crippen molar-refractivity contribution in [2.45, 2.75) is 45.6 Å². The first-order valence-electron chi connectivity index (χ1n) is 7.03. The Morgan fingerprint density at radius 1 is 1.18 bits per heavy atom. The largest absolute Gasteiger partial charge is 0.314 e. The highest BCUT2D eigenvalue weighted by atomic mass is 14.9. The number of hydrogen-bond donors (Lipinski definition) is 1. The van der Waals surface area contributed by atoms with E-state index in [1.807, 2.05) is 0 Å². The van der Waals surface area contributed by atoms with Crippen molar-refractivity contribution in [3.63, 3.8) is 0 Å². The van der Waals surface area contributed by atoms with Gasteiger partial charge in [0.15, 0.2) is 0 Å². The zero-order valence-electron chi connectivity index (χ0n) is 11.2. The molecule has 1 aliphatic carbocycles. The summed E-state index contributed by atoms with van der Waals surface area (Å²) in [5.74, 6) is 1.85. The molecule has 1 saturated carbocycles. The Morgan fingerprint density at radius 3 is 2.53 bits per heavy atom. The van der Waals surface area contributed by atoms with Crippen LogP contribution in [0.15, 0.2) is 30.3 Å². The van der Waals surface area contributed by atoms with E-state index < -0.39 is 0 Å². The molecule has 0 aromatic heterocycles. The van der Waals surface area contributed by atoms with Gasteiger partial charge in [-0.1, -0.05) is 44.2 Å². The van der Waals surface area contributed by atoms with Crippen LogP contribution in [0.25, 0.3) is 0 Å². The summed E-state index contributed by atoms with van der Waals surface area (Å²) in [4.78, 5) is 0. The van der Waals surface area contributed by atoms with Crippen molar-refractivity contribution in [1.82, 2.24) is 5.32 Å². The molecule has 0 amide bonds.